The van der Waals surface area contributed by atoms with Crippen LogP contribution in [-0.2, 0) is 0 Å². The Morgan fingerprint density at radius 1 is 0.233 bits per heavy atom. The standard InChI is InChI=1S/C57H35N3/c1-3-16-37(17-4-1)55-58-56(38-18-5-2-6-19-38)60-57(59-55)40-21-13-20-39(35-40)53-41-22-8-7-15-36(41)29-30-51(53)47-32-31-46(42-23-9-10-24-43(42)47)48-33-34-52-45-26-12-11-25-44(45)49-27-14-28-50(48)54(49)52/h1-35H. The fourth-order valence-electron chi connectivity index (χ4n) is 9.37. The molecule has 60 heavy (non-hydrogen) atoms. The summed E-state index contributed by atoms with van der Waals surface area (Å²) in [5, 5.41) is 7.45. The number of fused-ring (bicyclic) bond motifs is 5. The first-order valence-electron chi connectivity index (χ1n) is 20.4. The molecule has 0 aliphatic heterocycles. The molecule has 0 N–H and O–H groups in total. The van der Waals surface area contributed by atoms with Crippen molar-refractivity contribution in [3.63, 3.8) is 0 Å². The zero-order chi connectivity index (χ0) is 39.6. The van der Waals surface area contributed by atoms with Crippen LogP contribution in [0.5, 0.6) is 0 Å². The van der Waals surface area contributed by atoms with Crippen molar-refractivity contribution in [3.8, 4) is 89.8 Å². The molecule has 3 heteroatoms. The minimum absolute atomic E-state index is 0.634. The Kier molecular flexibility index (Phi) is 7.85. The van der Waals surface area contributed by atoms with Crippen LogP contribution in [0.25, 0.3) is 122 Å². The van der Waals surface area contributed by atoms with E-state index in [2.05, 4.69) is 152 Å². The van der Waals surface area contributed by atoms with Crippen molar-refractivity contribution in [2.45, 2.75) is 0 Å². The van der Waals surface area contributed by atoms with Crippen LogP contribution < -0.4 is 0 Å². The van der Waals surface area contributed by atoms with Gasteiger partial charge in [-0.15, -0.1) is 0 Å². The van der Waals surface area contributed by atoms with Crippen molar-refractivity contribution >= 4 is 32.3 Å². The molecule has 0 fully saturated rings. The lowest BCUT2D eigenvalue weighted by Gasteiger charge is -2.19. The fraction of sp³-hybridized carbons (Fsp3) is 0. The summed E-state index contributed by atoms with van der Waals surface area (Å²) in [5.41, 5.74) is 15.2. The van der Waals surface area contributed by atoms with Crippen molar-refractivity contribution in [1.82, 2.24) is 15.0 Å². The topological polar surface area (TPSA) is 38.7 Å². The largest absolute Gasteiger partial charge is 0.208 e. The number of hydrogen-bond acceptors (Lipinski definition) is 3. The monoisotopic (exact) mass is 761 g/mol. The molecule has 10 aromatic carbocycles. The van der Waals surface area contributed by atoms with E-state index >= 15 is 0 Å². The maximum absolute atomic E-state index is 5.08. The molecule has 0 radical (unpaired) electrons. The summed E-state index contributed by atoms with van der Waals surface area (Å²) in [7, 11) is 0. The second-order valence-electron chi connectivity index (χ2n) is 15.5. The maximum Gasteiger partial charge on any atom is 0.164 e. The Morgan fingerprint density at radius 2 is 0.650 bits per heavy atom. The normalized spacial score (nSPS) is 11.7. The Bertz CT molecular complexity index is 3390. The van der Waals surface area contributed by atoms with Gasteiger partial charge in [0.15, 0.2) is 17.5 Å². The van der Waals surface area contributed by atoms with Crippen molar-refractivity contribution in [3.05, 3.63) is 212 Å². The summed E-state index contributed by atoms with van der Waals surface area (Å²) in [5.74, 6) is 1.92. The summed E-state index contributed by atoms with van der Waals surface area (Å²) in [6.07, 6.45) is 0. The van der Waals surface area contributed by atoms with E-state index in [-0.39, 0.29) is 0 Å². The van der Waals surface area contributed by atoms with Crippen LogP contribution in [0.4, 0.5) is 0 Å². The summed E-state index contributed by atoms with van der Waals surface area (Å²) in [6, 6.07) is 76.0. The van der Waals surface area contributed by atoms with Gasteiger partial charge in [-0.1, -0.05) is 206 Å². The molecule has 1 aromatic heterocycles. The molecule has 278 valence electrons. The third-order valence-corrected chi connectivity index (χ3v) is 12.1. The maximum atomic E-state index is 5.08. The van der Waals surface area contributed by atoms with Crippen LogP contribution >= 0.6 is 0 Å². The molecule has 1 heterocycles. The van der Waals surface area contributed by atoms with Gasteiger partial charge in [0.25, 0.3) is 0 Å². The van der Waals surface area contributed by atoms with E-state index in [0.717, 1.165) is 22.3 Å². The molecule has 11 aromatic rings. The van der Waals surface area contributed by atoms with Crippen LogP contribution in [0.2, 0.25) is 0 Å². The van der Waals surface area contributed by atoms with Gasteiger partial charge in [-0.25, -0.2) is 15.0 Å². The van der Waals surface area contributed by atoms with E-state index in [1.807, 2.05) is 60.7 Å². The van der Waals surface area contributed by atoms with Gasteiger partial charge in [-0.2, -0.15) is 0 Å². The van der Waals surface area contributed by atoms with Gasteiger partial charge in [0.1, 0.15) is 0 Å². The lowest BCUT2D eigenvalue weighted by Crippen LogP contribution is -2.00. The molecule has 3 nitrogen and oxygen atoms in total. The molecule has 12 rings (SSSR count). The van der Waals surface area contributed by atoms with Gasteiger partial charge < -0.3 is 0 Å². The zero-order valence-electron chi connectivity index (χ0n) is 32.5. The van der Waals surface area contributed by atoms with Gasteiger partial charge in [0, 0.05) is 16.7 Å². The molecule has 0 amide bonds. The molecule has 0 bridgehead atoms. The summed E-state index contributed by atoms with van der Waals surface area (Å²) < 4.78 is 0. The van der Waals surface area contributed by atoms with Crippen LogP contribution in [-0.4, -0.2) is 15.0 Å². The van der Waals surface area contributed by atoms with Crippen LogP contribution in [0, 0.1) is 0 Å². The number of benzene rings is 10. The molecular weight excluding hydrogens is 727 g/mol. The highest BCUT2D eigenvalue weighted by molar-refractivity contribution is 6.21. The smallest absolute Gasteiger partial charge is 0.164 e. The van der Waals surface area contributed by atoms with Gasteiger partial charge in [-0.05, 0) is 94.0 Å². The lowest BCUT2D eigenvalue weighted by atomic mass is 9.85. The second kappa shape index (κ2) is 13.8. The Labute approximate surface area is 348 Å². The van der Waals surface area contributed by atoms with Crippen molar-refractivity contribution in [2.24, 2.45) is 0 Å². The highest BCUT2D eigenvalue weighted by Crippen LogP contribution is 2.50. The Morgan fingerprint density at radius 3 is 1.32 bits per heavy atom. The van der Waals surface area contributed by atoms with Gasteiger partial charge in [0.05, 0.1) is 0 Å². The van der Waals surface area contributed by atoms with E-state index in [0.29, 0.717) is 17.5 Å². The summed E-state index contributed by atoms with van der Waals surface area (Å²) >= 11 is 0. The molecule has 0 saturated heterocycles. The van der Waals surface area contributed by atoms with Crippen molar-refractivity contribution in [1.29, 1.82) is 0 Å². The van der Waals surface area contributed by atoms with Crippen LogP contribution in [0.1, 0.15) is 0 Å². The average molecular weight is 762 g/mol. The van der Waals surface area contributed by atoms with Gasteiger partial charge in [-0.3, -0.25) is 0 Å². The van der Waals surface area contributed by atoms with Crippen LogP contribution in [0.15, 0.2) is 212 Å². The van der Waals surface area contributed by atoms with Crippen molar-refractivity contribution < 1.29 is 0 Å². The average Bonchev–Trinajstić information content (AvgIpc) is 3.66. The van der Waals surface area contributed by atoms with E-state index in [9.17, 15) is 0 Å². The number of nitrogens with zero attached hydrogens (tertiary/aromatic N) is 3. The minimum atomic E-state index is 0.634. The third-order valence-electron chi connectivity index (χ3n) is 12.1. The first-order chi connectivity index (χ1) is 29.8. The van der Waals surface area contributed by atoms with Gasteiger partial charge in [0.2, 0.25) is 0 Å². The summed E-state index contributed by atoms with van der Waals surface area (Å²) in [4.78, 5) is 15.1. The molecule has 0 spiro atoms. The lowest BCUT2D eigenvalue weighted by molar-refractivity contribution is 1.07. The molecule has 0 atom stereocenters. The van der Waals surface area contributed by atoms with Crippen LogP contribution in [0.3, 0.4) is 0 Å². The molecule has 1 aliphatic rings. The third kappa shape index (κ3) is 5.48. The second-order valence-corrected chi connectivity index (χ2v) is 15.5. The van der Waals surface area contributed by atoms with E-state index in [1.54, 1.807) is 0 Å². The SMILES string of the molecule is c1ccc(-c2nc(-c3ccccc3)nc(-c3cccc(-c4c(-c5ccc(-c6ccc7c8c(cccc68)-c6ccccc6-7)c6ccccc56)ccc5ccccc45)c3)n2)cc1. The van der Waals surface area contributed by atoms with E-state index in [4.69, 9.17) is 15.0 Å². The highest BCUT2D eigenvalue weighted by Gasteiger charge is 2.24. The predicted molar refractivity (Wildman–Crippen MR) is 249 cm³/mol. The van der Waals surface area contributed by atoms with Crippen molar-refractivity contribution in [2.75, 3.05) is 0 Å². The predicted octanol–water partition coefficient (Wildman–Crippen LogP) is 15.0. The number of rotatable bonds is 6. The minimum Gasteiger partial charge on any atom is -0.208 e. The first kappa shape index (κ1) is 34.1. The number of hydrogen-bond donors (Lipinski definition) is 0. The van der Waals surface area contributed by atoms with Gasteiger partial charge >= 0.3 is 0 Å². The quantitative estimate of drug-likeness (QED) is 0.169. The Balaban J connectivity index is 1.04. The molecule has 0 saturated carbocycles. The van der Waals surface area contributed by atoms with E-state index < -0.39 is 0 Å². The number of aromatic nitrogens is 3. The molecular formula is C57H35N3. The highest BCUT2D eigenvalue weighted by atomic mass is 15.0. The fourth-order valence-corrected chi connectivity index (χ4v) is 9.37. The molecule has 1 aliphatic carbocycles. The first-order valence-corrected chi connectivity index (χ1v) is 20.4. The zero-order valence-corrected chi connectivity index (χ0v) is 32.5. The van der Waals surface area contributed by atoms with E-state index in [1.165, 1.54) is 82.4 Å². The Hall–Kier alpha value is -8.01. The molecule has 0 unspecified atom stereocenters. The summed E-state index contributed by atoms with van der Waals surface area (Å²) in [6.45, 7) is 0.